The third kappa shape index (κ3) is 5.25. The summed E-state index contributed by atoms with van der Waals surface area (Å²) < 4.78 is 12.9. The van der Waals surface area contributed by atoms with Gasteiger partial charge < -0.3 is 19.9 Å². The number of amides is 1. The van der Waals surface area contributed by atoms with Crippen LogP contribution in [0.4, 0.5) is 5.82 Å². The summed E-state index contributed by atoms with van der Waals surface area (Å²) in [4.78, 5) is 37.8. The van der Waals surface area contributed by atoms with E-state index in [0.717, 1.165) is 0 Å². The molecule has 0 spiro atoms. The van der Waals surface area contributed by atoms with E-state index in [1.165, 1.54) is 12.7 Å². The average molecular weight is 461 g/mol. The zero-order chi connectivity index (χ0) is 23.9. The summed E-state index contributed by atoms with van der Waals surface area (Å²) in [6, 6.07) is 17.3. The van der Waals surface area contributed by atoms with Gasteiger partial charge in [0.2, 0.25) is 0 Å². The first-order valence-corrected chi connectivity index (χ1v) is 10.6. The number of ether oxygens (including phenoxy) is 2. The number of anilines is 1. The van der Waals surface area contributed by atoms with Gasteiger partial charge in [-0.05, 0) is 31.2 Å². The van der Waals surface area contributed by atoms with Crippen molar-refractivity contribution in [1.29, 1.82) is 0 Å². The summed E-state index contributed by atoms with van der Waals surface area (Å²) >= 11 is 0. The van der Waals surface area contributed by atoms with Crippen LogP contribution in [-0.4, -0.2) is 55.8 Å². The maximum atomic E-state index is 12.6. The van der Waals surface area contributed by atoms with Crippen LogP contribution >= 0.6 is 0 Å². The molecular formula is C24H23N5O5. The van der Waals surface area contributed by atoms with E-state index in [-0.39, 0.29) is 24.9 Å². The van der Waals surface area contributed by atoms with Crippen LogP contribution in [0.5, 0.6) is 0 Å². The number of hydrogen-bond acceptors (Lipinski definition) is 8. The number of nitrogens with one attached hydrogen (secondary N) is 1. The van der Waals surface area contributed by atoms with Crippen molar-refractivity contribution < 1.29 is 24.2 Å². The molecule has 0 aliphatic rings. The molecule has 0 fully saturated rings. The molecule has 2 aromatic heterocycles. The standard InChI is InChI=1S/C24H23N5O5/c1-16(12-30)34-19(13-33-24(32)18-10-6-3-7-11-18)29-15-27-20-21(25-14-26-22(20)29)28-23(31)17-8-4-2-5-9-17/h2-11,14-16,19,30H,12-13H2,1H3,(H,25,26,28,31)/t16-,19-/m1/s1. The molecule has 174 valence electrons. The lowest BCUT2D eigenvalue weighted by molar-refractivity contribution is -0.0910. The van der Waals surface area contributed by atoms with Crippen molar-refractivity contribution in [3.8, 4) is 0 Å². The Morgan fingerprint density at radius 1 is 1.00 bits per heavy atom. The van der Waals surface area contributed by atoms with Gasteiger partial charge in [-0.3, -0.25) is 9.36 Å². The van der Waals surface area contributed by atoms with Crippen molar-refractivity contribution in [1.82, 2.24) is 19.5 Å². The number of benzene rings is 2. The summed E-state index contributed by atoms with van der Waals surface area (Å²) in [6.07, 6.45) is 1.39. The number of fused-ring (bicyclic) bond motifs is 1. The van der Waals surface area contributed by atoms with Gasteiger partial charge in [0.05, 0.1) is 24.6 Å². The summed E-state index contributed by atoms with van der Waals surface area (Å²) in [5.74, 6) is -0.623. The highest BCUT2D eigenvalue weighted by atomic mass is 16.6. The number of rotatable bonds is 9. The number of carbonyl (C=O) groups is 2. The molecule has 10 nitrogen and oxygen atoms in total. The van der Waals surface area contributed by atoms with E-state index in [2.05, 4.69) is 20.3 Å². The topological polar surface area (TPSA) is 128 Å². The Bertz CT molecular complexity index is 1260. The summed E-state index contributed by atoms with van der Waals surface area (Å²) in [6.45, 7) is 1.30. The van der Waals surface area contributed by atoms with Crippen LogP contribution in [0, 0.1) is 0 Å². The van der Waals surface area contributed by atoms with Crippen molar-refractivity contribution >= 4 is 28.9 Å². The molecule has 0 radical (unpaired) electrons. The molecule has 0 aliphatic heterocycles. The highest BCUT2D eigenvalue weighted by Crippen LogP contribution is 2.23. The molecule has 0 saturated heterocycles. The van der Waals surface area contributed by atoms with Crippen LogP contribution in [-0.2, 0) is 9.47 Å². The van der Waals surface area contributed by atoms with Gasteiger partial charge >= 0.3 is 5.97 Å². The van der Waals surface area contributed by atoms with Gasteiger partial charge in [-0.15, -0.1) is 0 Å². The summed E-state index contributed by atoms with van der Waals surface area (Å²) in [5, 5.41) is 12.2. The van der Waals surface area contributed by atoms with E-state index in [9.17, 15) is 14.7 Å². The zero-order valence-electron chi connectivity index (χ0n) is 18.4. The Morgan fingerprint density at radius 2 is 1.68 bits per heavy atom. The van der Waals surface area contributed by atoms with E-state index in [1.807, 2.05) is 6.07 Å². The Morgan fingerprint density at radius 3 is 2.35 bits per heavy atom. The Balaban J connectivity index is 1.58. The molecule has 0 saturated carbocycles. The van der Waals surface area contributed by atoms with Crippen molar-refractivity contribution in [2.75, 3.05) is 18.5 Å². The number of aliphatic hydroxyl groups excluding tert-OH is 1. The summed E-state index contributed by atoms with van der Waals surface area (Å²) in [7, 11) is 0. The lowest BCUT2D eigenvalue weighted by Crippen LogP contribution is -2.26. The first-order chi connectivity index (χ1) is 16.6. The first-order valence-electron chi connectivity index (χ1n) is 10.6. The predicted octanol–water partition coefficient (Wildman–Crippen LogP) is 2.83. The van der Waals surface area contributed by atoms with E-state index in [0.29, 0.717) is 22.3 Å². The first kappa shape index (κ1) is 23.0. The minimum absolute atomic E-state index is 0.154. The second-order valence-electron chi connectivity index (χ2n) is 7.41. The van der Waals surface area contributed by atoms with Gasteiger partial charge in [-0.25, -0.2) is 19.7 Å². The number of nitrogens with zero attached hydrogens (tertiary/aromatic N) is 4. The van der Waals surface area contributed by atoms with Crippen LogP contribution in [0.25, 0.3) is 11.2 Å². The predicted molar refractivity (Wildman–Crippen MR) is 123 cm³/mol. The molecule has 0 unspecified atom stereocenters. The quantitative estimate of drug-likeness (QED) is 0.364. The van der Waals surface area contributed by atoms with Crippen molar-refractivity contribution in [2.45, 2.75) is 19.3 Å². The number of esters is 1. The second kappa shape index (κ2) is 10.6. The second-order valence-corrected chi connectivity index (χ2v) is 7.41. The number of imidazole rings is 1. The van der Waals surface area contributed by atoms with Crippen molar-refractivity contribution in [3.63, 3.8) is 0 Å². The molecule has 10 heteroatoms. The van der Waals surface area contributed by atoms with Gasteiger partial charge in [0.25, 0.3) is 5.91 Å². The summed E-state index contributed by atoms with van der Waals surface area (Å²) in [5.41, 5.74) is 1.58. The fourth-order valence-corrected chi connectivity index (χ4v) is 3.22. The monoisotopic (exact) mass is 461 g/mol. The number of aliphatic hydroxyl groups is 1. The lowest BCUT2D eigenvalue weighted by atomic mass is 10.2. The maximum Gasteiger partial charge on any atom is 0.338 e. The van der Waals surface area contributed by atoms with E-state index < -0.39 is 18.3 Å². The van der Waals surface area contributed by atoms with Crippen LogP contribution in [0.1, 0.15) is 33.9 Å². The fraction of sp³-hybridized carbons (Fsp3) is 0.208. The Hall–Kier alpha value is -4.15. The Kier molecular flexibility index (Phi) is 7.21. The minimum Gasteiger partial charge on any atom is -0.457 e. The van der Waals surface area contributed by atoms with Gasteiger partial charge in [0.1, 0.15) is 12.9 Å². The number of aromatic nitrogens is 4. The highest BCUT2D eigenvalue weighted by Gasteiger charge is 2.23. The van der Waals surface area contributed by atoms with E-state index in [4.69, 9.17) is 9.47 Å². The molecule has 2 aromatic carbocycles. The van der Waals surface area contributed by atoms with Crippen LogP contribution < -0.4 is 5.32 Å². The number of carbonyl (C=O) groups excluding carboxylic acids is 2. The van der Waals surface area contributed by atoms with Gasteiger partial charge in [-0.1, -0.05) is 36.4 Å². The van der Waals surface area contributed by atoms with Crippen molar-refractivity contribution in [2.24, 2.45) is 0 Å². The maximum absolute atomic E-state index is 12.6. The van der Waals surface area contributed by atoms with Gasteiger partial charge in [0, 0.05) is 5.56 Å². The zero-order valence-corrected chi connectivity index (χ0v) is 18.4. The normalized spacial score (nSPS) is 12.8. The largest absolute Gasteiger partial charge is 0.457 e. The molecule has 4 aromatic rings. The SMILES string of the molecule is C[C@H](CO)O[C@H](COC(=O)c1ccccc1)n1cnc2c(NC(=O)c3ccccc3)ncnc21. The fourth-order valence-electron chi connectivity index (χ4n) is 3.22. The molecule has 2 atom stereocenters. The lowest BCUT2D eigenvalue weighted by Gasteiger charge is -2.22. The highest BCUT2D eigenvalue weighted by molar-refractivity contribution is 6.06. The van der Waals surface area contributed by atoms with Crippen LogP contribution in [0.2, 0.25) is 0 Å². The van der Waals surface area contributed by atoms with Gasteiger partial charge in [-0.2, -0.15) is 0 Å². The average Bonchev–Trinajstić information content (AvgIpc) is 3.32. The minimum atomic E-state index is -0.826. The van der Waals surface area contributed by atoms with Crippen LogP contribution in [0.3, 0.4) is 0 Å². The molecule has 0 aliphatic carbocycles. The molecule has 4 rings (SSSR count). The molecule has 1 amide bonds. The van der Waals surface area contributed by atoms with Gasteiger partial charge in [0.15, 0.2) is 23.2 Å². The van der Waals surface area contributed by atoms with Crippen LogP contribution in [0.15, 0.2) is 73.3 Å². The molecule has 34 heavy (non-hydrogen) atoms. The molecule has 2 heterocycles. The van der Waals surface area contributed by atoms with E-state index >= 15 is 0 Å². The molecule has 0 bridgehead atoms. The number of hydrogen-bond donors (Lipinski definition) is 2. The third-order valence-electron chi connectivity index (χ3n) is 4.95. The third-order valence-corrected chi connectivity index (χ3v) is 4.95. The smallest absolute Gasteiger partial charge is 0.338 e. The Labute approximate surface area is 195 Å². The van der Waals surface area contributed by atoms with E-state index in [1.54, 1.807) is 66.1 Å². The molecule has 2 N–H and O–H groups in total. The molecular weight excluding hydrogens is 438 g/mol. The van der Waals surface area contributed by atoms with Crippen molar-refractivity contribution in [3.05, 3.63) is 84.4 Å².